The van der Waals surface area contributed by atoms with Gasteiger partial charge in [0.2, 0.25) is 11.9 Å². The van der Waals surface area contributed by atoms with Crippen molar-refractivity contribution in [3.05, 3.63) is 48.7 Å². The molecule has 0 radical (unpaired) electrons. The van der Waals surface area contributed by atoms with Gasteiger partial charge >= 0.3 is 0 Å². The topological polar surface area (TPSA) is 227 Å². The van der Waals surface area contributed by atoms with Crippen molar-refractivity contribution in [1.29, 1.82) is 0 Å². The minimum atomic E-state index is -1.50. The molecule has 15 nitrogen and oxygen atoms in total. The molecule has 0 spiro atoms. The van der Waals surface area contributed by atoms with Gasteiger partial charge in [-0.1, -0.05) is 6.07 Å². The average molecular weight is 525 g/mol. The summed E-state index contributed by atoms with van der Waals surface area (Å²) < 4.78 is 7.01. The van der Waals surface area contributed by atoms with Gasteiger partial charge in [-0.2, -0.15) is 10.1 Å². The first-order valence-electron chi connectivity index (χ1n) is 9.34. The van der Waals surface area contributed by atoms with Gasteiger partial charge in [0.1, 0.15) is 18.3 Å². The lowest BCUT2D eigenvalue weighted by atomic mass is 10.1. The van der Waals surface area contributed by atoms with Crippen LogP contribution in [0.1, 0.15) is 11.8 Å². The number of rotatable bonds is 6. The number of aromatic amines is 1. The molecular formula is C17H17BrN8O7. The quantitative estimate of drug-likeness (QED) is 0.136. The van der Waals surface area contributed by atoms with Crippen molar-refractivity contribution in [3.8, 4) is 0 Å². The van der Waals surface area contributed by atoms with Crippen molar-refractivity contribution >= 4 is 50.9 Å². The second-order valence-corrected chi connectivity index (χ2v) is 7.85. The number of imidazole rings is 1. The summed E-state index contributed by atoms with van der Waals surface area (Å²) in [5.41, 5.74) is 7.54. The van der Waals surface area contributed by atoms with Crippen molar-refractivity contribution in [2.75, 3.05) is 17.8 Å². The van der Waals surface area contributed by atoms with E-state index in [4.69, 9.17) is 10.5 Å². The fourth-order valence-corrected chi connectivity index (χ4v) is 3.72. The minimum Gasteiger partial charge on any atom is -0.394 e. The lowest BCUT2D eigenvalue weighted by molar-refractivity contribution is -0.385. The summed E-state index contributed by atoms with van der Waals surface area (Å²) in [6.45, 7) is -0.569. The largest absolute Gasteiger partial charge is 0.394 e. The van der Waals surface area contributed by atoms with Crippen molar-refractivity contribution < 1.29 is 25.0 Å². The van der Waals surface area contributed by atoms with E-state index in [0.717, 1.165) is 0 Å². The molecule has 4 rings (SSSR count). The summed E-state index contributed by atoms with van der Waals surface area (Å²) in [6, 6.07) is 4.35. The molecule has 1 aliphatic rings. The molecule has 0 saturated carbocycles. The third kappa shape index (κ3) is 4.16. The molecule has 3 aromatic rings. The van der Waals surface area contributed by atoms with E-state index in [-0.39, 0.29) is 28.7 Å². The summed E-state index contributed by atoms with van der Waals surface area (Å²) in [6.07, 6.45) is -4.03. The first kappa shape index (κ1) is 22.7. The van der Waals surface area contributed by atoms with Gasteiger partial charge in [-0.25, -0.2) is 10.4 Å². The monoisotopic (exact) mass is 524 g/mol. The maximum Gasteiger partial charge on any atom is 0.284 e. The molecule has 2 aromatic heterocycles. The van der Waals surface area contributed by atoms with Crippen molar-refractivity contribution in [2.24, 2.45) is 5.10 Å². The Bertz CT molecular complexity index is 1310. The number of aromatic nitrogens is 4. The predicted octanol–water partition coefficient (Wildman–Crippen LogP) is -0.570. The van der Waals surface area contributed by atoms with Crippen LogP contribution in [-0.4, -0.2) is 70.9 Å². The first-order valence-corrected chi connectivity index (χ1v) is 10.1. The Balaban J connectivity index is 1.74. The molecule has 174 valence electrons. The Morgan fingerprint density at radius 3 is 2.82 bits per heavy atom. The van der Waals surface area contributed by atoms with Crippen LogP contribution in [-0.2, 0) is 4.74 Å². The molecule has 4 atom stereocenters. The van der Waals surface area contributed by atoms with Crippen molar-refractivity contribution in [1.82, 2.24) is 19.5 Å². The number of hydrogen-bond acceptors (Lipinski definition) is 12. The lowest BCUT2D eigenvalue weighted by Gasteiger charge is -2.18. The number of nitrogen functional groups attached to an aromatic ring is 1. The van der Waals surface area contributed by atoms with E-state index >= 15 is 0 Å². The molecule has 16 heteroatoms. The van der Waals surface area contributed by atoms with Crippen LogP contribution in [0.3, 0.4) is 0 Å². The smallest absolute Gasteiger partial charge is 0.284 e. The van der Waals surface area contributed by atoms with E-state index in [1.54, 1.807) is 6.07 Å². The van der Waals surface area contributed by atoms with Crippen LogP contribution in [0.25, 0.3) is 11.2 Å². The number of nitro groups is 1. The zero-order valence-electron chi connectivity index (χ0n) is 16.5. The molecule has 1 saturated heterocycles. The van der Waals surface area contributed by atoms with Crippen LogP contribution >= 0.6 is 15.9 Å². The van der Waals surface area contributed by atoms with Gasteiger partial charge in [0.05, 0.1) is 22.2 Å². The number of aliphatic hydroxyl groups is 3. The predicted molar refractivity (Wildman–Crippen MR) is 118 cm³/mol. The summed E-state index contributed by atoms with van der Waals surface area (Å²) >= 11 is 3.10. The van der Waals surface area contributed by atoms with Gasteiger partial charge in [-0.15, -0.1) is 0 Å². The van der Waals surface area contributed by atoms with Crippen LogP contribution in [0.2, 0.25) is 0 Å². The number of aliphatic hydroxyl groups excluding tert-OH is 3. The molecule has 7 N–H and O–H groups in total. The Morgan fingerprint density at radius 1 is 1.39 bits per heavy atom. The fourth-order valence-electron chi connectivity index (χ4n) is 3.33. The van der Waals surface area contributed by atoms with E-state index in [2.05, 4.69) is 41.4 Å². The molecule has 0 amide bonds. The number of benzene rings is 1. The second-order valence-electron chi connectivity index (χ2n) is 7.00. The third-order valence-electron chi connectivity index (χ3n) is 4.89. The molecular weight excluding hydrogens is 508 g/mol. The number of nitrogens with zero attached hydrogens (tertiary/aromatic N) is 5. The minimum absolute atomic E-state index is 0.0666. The van der Waals surface area contributed by atoms with E-state index in [9.17, 15) is 30.2 Å². The molecule has 1 aliphatic heterocycles. The number of ether oxygens (including phenoxy) is 1. The normalized spacial score (nSPS) is 22.9. The van der Waals surface area contributed by atoms with Crippen LogP contribution < -0.4 is 16.7 Å². The van der Waals surface area contributed by atoms with Crippen molar-refractivity contribution in [3.63, 3.8) is 0 Å². The van der Waals surface area contributed by atoms with Gasteiger partial charge in [0.25, 0.3) is 11.2 Å². The second kappa shape index (κ2) is 8.83. The summed E-state index contributed by atoms with van der Waals surface area (Å²) in [4.78, 5) is 33.3. The van der Waals surface area contributed by atoms with E-state index in [1.165, 1.54) is 22.9 Å². The van der Waals surface area contributed by atoms with Gasteiger partial charge in [0.15, 0.2) is 17.4 Å². The third-order valence-corrected chi connectivity index (χ3v) is 5.56. The van der Waals surface area contributed by atoms with Crippen LogP contribution in [0, 0.1) is 10.1 Å². The Kier molecular flexibility index (Phi) is 6.09. The maximum absolute atomic E-state index is 12.3. The summed E-state index contributed by atoms with van der Waals surface area (Å²) in [5.74, 6) is -0.330. The number of nitrogens with one attached hydrogen (secondary N) is 2. The molecule has 1 fully saturated rings. The fraction of sp³-hybridized carbons (Fsp3) is 0.294. The number of halogens is 1. The highest BCUT2D eigenvalue weighted by atomic mass is 79.9. The van der Waals surface area contributed by atoms with Crippen LogP contribution in [0.15, 0.2) is 32.6 Å². The number of hydrogen-bond donors (Lipinski definition) is 6. The van der Waals surface area contributed by atoms with Gasteiger partial charge in [-0.05, 0) is 22.0 Å². The summed E-state index contributed by atoms with van der Waals surface area (Å²) in [7, 11) is 0. The zero-order chi connectivity index (χ0) is 23.9. The Labute approximate surface area is 191 Å². The van der Waals surface area contributed by atoms with E-state index in [1.807, 2.05) is 0 Å². The number of nitro benzene ring substituents is 1. The first-order chi connectivity index (χ1) is 15.7. The van der Waals surface area contributed by atoms with Crippen LogP contribution in [0.5, 0.6) is 0 Å². The number of fused-ring (bicyclic) bond motifs is 1. The Hall–Kier alpha value is -3.44. The van der Waals surface area contributed by atoms with E-state index in [0.29, 0.717) is 10.0 Å². The van der Waals surface area contributed by atoms with E-state index < -0.39 is 41.6 Å². The molecule has 1 aromatic carbocycles. The number of nitrogens with two attached hydrogens (primary N) is 1. The zero-order valence-corrected chi connectivity index (χ0v) is 18.1. The number of anilines is 2. The van der Waals surface area contributed by atoms with Gasteiger partial charge < -0.3 is 25.8 Å². The molecule has 0 bridgehead atoms. The van der Waals surface area contributed by atoms with Crippen molar-refractivity contribution in [2.45, 2.75) is 24.5 Å². The van der Waals surface area contributed by atoms with Gasteiger partial charge in [-0.3, -0.25) is 24.5 Å². The van der Waals surface area contributed by atoms with Crippen LogP contribution in [0.4, 0.5) is 17.6 Å². The highest BCUT2D eigenvalue weighted by Crippen LogP contribution is 2.34. The highest BCUT2D eigenvalue weighted by Gasteiger charge is 2.45. The SMILES string of the molecule is Nc1nc2c(nc(NN=Cc3ccc(Br)c([N+](=O)[O-])c3)n2C2OC(CO)C(O)C2O)c(=O)[nH]1. The molecule has 0 aliphatic carbocycles. The molecule has 33 heavy (non-hydrogen) atoms. The number of hydrazone groups is 1. The molecule has 3 heterocycles. The standard InChI is InChI=1S/C17H17BrN8O7/c18-7-2-1-6(3-8(7)26(31)32)4-20-24-17-21-10-13(22-16(19)23-14(10)30)25(17)15-12(29)11(28)9(5-27)33-15/h1-4,9,11-12,15,27-29H,5H2,(H,21,24)(H3,19,22,23,30). The Morgan fingerprint density at radius 2 is 2.15 bits per heavy atom. The van der Waals surface area contributed by atoms with Gasteiger partial charge in [0, 0.05) is 11.6 Å². The maximum atomic E-state index is 12.3. The molecule has 4 unspecified atom stereocenters. The highest BCUT2D eigenvalue weighted by molar-refractivity contribution is 9.10. The lowest BCUT2D eigenvalue weighted by Crippen LogP contribution is -2.33. The summed E-state index contributed by atoms with van der Waals surface area (Å²) in [5, 5.41) is 45.1. The average Bonchev–Trinajstić information content (AvgIpc) is 3.26. The number of H-pyrrole nitrogens is 1.